The molecule has 2 heteroatoms. The fourth-order valence-electron chi connectivity index (χ4n) is 3.04. The smallest absolute Gasteiger partial charge is 0.0615 e. The van der Waals surface area contributed by atoms with Crippen molar-refractivity contribution >= 4 is 0 Å². The molecule has 1 aromatic rings. The zero-order chi connectivity index (χ0) is 11.7. The highest BCUT2D eigenvalue weighted by molar-refractivity contribution is 5.35. The Hall–Kier alpha value is -0.860. The van der Waals surface area contributed by atoms with E-state index in [1.807, 2.05) is 0 Å². The van der Waals surface area contributed by atoms with E-state index < -0.39 is 0 Å². The van der Waals surface area contributed by atoms with Gasteiger partial charge in [0.25, 0.3) is 0 Å². The van der Waals surface area contributed by atoms with Crippen molar-refractivity contribution in [3.63, 3.8) is 0 Å². The van der Waals surface area contributed by atoms with Crippen LogP contribution in [0.4, 0.5) is 0 Å². The van der Waals surface area contributed by atoms with Crippen LogP contribution in [0, 0.1) is 5.92 Å². The first-order chi connectivity index (χ1) is 8.33. The number of rotatable bonds is 2. The molecule has 1 aromatic carbocycles. The van der Waals surface area contributed by atoms with Crippen LogP contribution in [0.15, 0.2) is 18.2 Å². The molecular formula is C15H20O2. The summed E-state index contributed by atoms with van der Waals surface area (Å²) in [6.45, 7) is 1.42. The van der Waals surface area contributed by atoms with Gasteiger partial charge in [0, 0.05) is 12.5 Å². The Morgan fingerprint density at radius 2 is 2.12 bits per heavy atom. The number of fused-ring (bicyclic) bond motifs is 1. The van der Waals surface area contributed by atoms with Crippen LogP contribution in [0.3, 0.4) is 0 Å². The molecule has 2 aliphatic rings. The van der Waals surface area contributed by atoms with Crippen molar-refractivity contribution in [3.8, 4) is 0 Å². The van der Waals surface area contributed by atoms with Gasteiger partial charge in [-0.1, -0.05) is 18.2 Å². The van der Waals surface area contributed by atoms with Gasteiger partial charge in [-0.3, -0.25) is 0 Å². The molecule has 0 bridgehead atoms. The summed E-state index contributed by atoms with van der Waals surface area (Å²) >= 11 is 0. The average molecular weight is 232 g/mol. The highest BCUT2D eigenvalue weighted by Crippen LogP contribution is 2.25. The predicted octanol–water partition coefficient (Wildman–Crippen LogP) is 2.12. The third-order valence-electron chi connectivity index (χ3n) is 4.09. The lowest BCUT2D eigenvalue weighted by molar-refractivity contribution is -0.0350. The molecule has 1 aliphatic heterocycles. The van der Waals surface area contributed by atoms with Gasteiger partial charge in [0.2, 0.25) is 0 Å². The summed E-state index contributed by atoms with van der Waals surface area (Å²) in [5.41, 5.74) is 4.41. The van der Waals surface area contributed by atoms with Crippen molar-refractivity contribution in [2.75, 3.05) is 13.2 Å². The molecule has 1 aliphatic carbocycles. The van der Waals surface area contributed by atoms with Gasteiger partial charge in [0.05, 0.1) is 12.7 Å². The molecular weight excluding hydrogens is 212 g/mol. The largest absolute Gasteiger partial charge is 0.393 e. The molecule has 3 rings (SSSR count). The van der Waals surface area contributed by atoms with Crippen LogP contribution in [-0.4, -0.2) is 24.4 Å². The van der Waals surface area contributed by atoms with Crippen LogP contribution in [-0.2, 0) is 24.0 Å². The Morgan fingerprint density at radius 1 is 1.24 bits per heavy atom. The molecule has 0 spiro atoms. The fourth-order valence-corrected chi connectivity index (χ4v) is 3.04. The molecule has 2 unspecified atom stereocenters. The monoisotopic (exact) mass is 232 g/mol. The molecule has 92 valence electrons. The number of hydrogen-bond acceptors (Lipinski definition) is 2. The van der Waals surface area contributed by atoms with Gasteiger partial charge in [-0.05, 0) is 48.8 Å². The van der Waals surface area contributed by atoms with Crippen molar-refractivity contribution in [1.82, 2.24) is 0 Å². The normalized spacial score (nSPS) is 28.1. The average Bonchev–Trinajstić information content (AvgIpc) is 2.79. The molecule has 0 aromatic heterocycles. The van der Waals surface area contributed by atoms with E-state index in [1.54, 1.807) is 0 Å². The van der Waals surface area contributed by atoms with Crippen LogP contribution >= 0.6 is 0 Å². The zero-order valence-corrected chi connectivity index (χ0v) is 10.2. The molecule has 1 fully saturated rings. The van der Waals surface area contributed by atoms with E-state index in [4.69, 9.17) is 4.74 Å². The van der Waals surface area contributed by atoms with Crippen LogP contribution in [0.5, 0.6) is 0 Å². The Balaban J connectivity index is 1.72. The molecule has 0 amide bonds. The summed E-state index contributed by atoms with van der Waals surface area (Å²) in [4.78, 5) is 0. The molecule has 2 nitrogen and oxygen atoms in total. The SMILES string of the molecule is OC1CCOCC1Cc1ccc2c(c1)CCC2. The van der Waals surface area contributed by atoms with Gasteiger partial charge in [-0.25, -0.2) is 0 Å². The first-order valence-corrected chi connectivity index (χ1v) is 6.69. The number of aryl methyl sites for hydroxylation is 2. The zero-order valence-electron chi connectivity index (χ0n) is 10.2. The maximum absolute atomic E-state index is 9.94. The van der Waals surface area contributed by atoms with Crippen molar-refractivity contribution in [2.45, 2.75) is 38.2 Å². The maximum Gasteiger partial charge on any atom is 0.0615 e. The second-order valence-electron chi connectivity index (χ2n) is 5.35. The number of aliphatic hydroxyl groups is 1. The summed E-state index contributed by atoms with van der Waals surface area (Å²) < 4.78 is 5.46. The van der Waals surface area contributed by atoms with Gasteiger partial charge in [-0.2, -0.15) is 0 Å². The lowest BCUT2D eigenvalue weighted by Crippen LogP contribution is -2.33. The molecule has 1 saturated heterocycles. The van der Waals surface area contributed by atoms with E-state index in [0.29, 0.717) is 13.2 Å². The Labute approximate surface area is 103 Å². The van der Waals surface area contributed by atoms with E-state index in [2.05, 4.69) is 18.2 Å². The third kappa shape index (κ3) is 2.38. The van der Waals surface area contributed by atoms with E-state index in [0.717, 1.165) is 12.8 Å². The second-order valence-corrected chi connectivity index (χ2v) is 5.35. The summed E-state index contributed by atoms with van der Waals surface area (Å²) in [5, 5.41) is 9.94. The minimum absolute atomic E-state index is 0.183. The molecule has 0 radical (unpaired) electrons. The van der Waals surface area contributed by atoms with Gasteiger partial charge < -0.3 is 9.84 Å². The van der Waals surface area contributed by atoms with E-state index in [1.165, 1.54) is 36.0 Å². The maximum atomic E-state index is 9.94. The fraction of sp³-hybridized carbons (Fsp3) is 0.600. The molecule has 17 heavy (non-hydrogen) atoms. The molecule has 1 N–H and O–H groups in total. The van der Waals surface area contributed by atoms with Crippen LogP contribution in [0.1, 0.15) is 29.5 Å². The lowest BCUT2D eigenvalue weighted by Gasteiger charge is -2.27. The van der Waals surface area contributed by atoms with Gasteiger partial charge in [-0.15, -0.1) is 0 Å². The lowest BCUT2D eigenvalue weighted by atomic mass is 9.90. The van der Waals surface area contributed by atoms with Crippen LogP contribution in [0.2, 0.25) is 0 Å². The predicted molar refractivity (Wildman–Crippen MR) is 67.1 cm³/mol. The highest BCUT2D eigenvalue weighted by Gasteiger charge is 2.24. The Morgan fingerprint density at radius 3 is 3.00 bits per heavy atom. The second kappa shape index (κ2) is 4.79. The molecule has 1 heterocycles. The topological polar surface area (TPSA) is 29.5 Å². The minimum atomic E-state index is -0.183. The summed E-state index contributed by atoms with van der Waals surface area (Å²) in [5.74, 6) is 0.281. The number of hydrogen-bond donors (Lipinski definition) is 1. The quantitative estimate of drug-likeness (QED) is 0.846. The van der Waals surface area contributed by atoms with Gasteiger partial charge in [0.1, 0.15) is 0 Å². The van der Waals surface area contributed by atoms with E-state index in [-0.39, 0.29) is 12.0 Å². The summed E-state index contributed by atoms with van der Waals surface area (Å²) in [7, 11) is 0. The van der Waals surface area contributed by atoms with Crippen molar-refractivity contribution in [2.24, 2.45) is 5.92 Å². The van der Waals surface area contributed by atoms with Crippen molar-refractivity contribution < 1.29 is 9.84 Å². The number of aliphatic hydroxyl groups excluding tert-OH is 1. The van der Waals surface area contributed by atoms with Crippen LogP contribution < -0.4 is 0 Å². The third-order valence-corrected chi connectivity index (χ3v) is 4.09. The van der Waals surface area contributed by atoms with Gasteiger partial charge in [0.15, 0.2) is 0 Å². The summed E-state index contributed by atoms with van der Waals surface area (Å²) in [6.07, 6.45) is 5.33. The Bertz CT molecular complexity index is 400. The first kappa shape index (κ1) is 11.2. The van der Waals surface area contributed by atoms with Gasteiger partial charge >= 0.3 is 0 Å². The minimum Gasteiger partial charge on any atom is -0.393 e. The van der Waals surface area contributed by atoms with E-state index >= 15 is 0 Å². The number of benzene rings is 1. The highest BCUT2D eigenvalue weighted by atomic mass is 16.5. The van der Waals surface area contributed by atoms with Crippen LogP contribution in [0.25, 0.3) is 0 Å². The molecule has 0 saturated carbocycles. The number of ether oxygens (including phenoxy) is 1. The Kier molecular flexibility index (Phi) is 3.17. The van der Waals surface area contributed by atoms with E-state index in [9.17, 15) is 5.11 Å². The first-order valence-electron chi connectivity index (χ1n) is 6.69. The standard InChI is InChI=1S/C15H20O2/c16-15-6-7-17-10-14(15)9-11-4-5-12-2-1-3-13(12)8-11/h4-5,8,14-16H,1-3,6-7,9-10H2. The summed E-state index contributed by atoms with van der Waals surface area (Å²) in [6, 6.07) is 6.84. The van der Waals surface area contributed by atoms with Crippen molar-refractivity contribution in [1.29, 1.82) is 0 Å². The van der Waals surface area contributed by atoms with Crippen molar-refractivity contribution in [3.05, 3.63) is 34.9 Å². The molecule has 2 atom stereocenters.